The minimum absolute atomic E-state index is 0.00921. The molecule has 3 aromatic rings. The Kier molecular flexibility index (Phi) is 2.92. The summed E-state index contributed by atoms with van der Waals surface area (Å²) in [6.45, 7) is 0. The van der Waals surface area contributed by atoms with Gasteiger partial charge in [-0.3, -0.25) is 4.40 Å². The number of imidazole rings is 1. The van der Waals surface area contributed by atoms with Gasteiger partial charge < -0.3 is 10.2 Å². The predicted octanol–water partition coefficient (Wildman–Crippen LogP) is 2.09. The maximum atomic E-state index is 13.6. The number of nitrogen functional groups attached to an aromatic ring is 1. The molecule has 1 aromatic carbocycles. The van der Waals surface area contributed by atoms with Crippen LogP contribution in [0, 0.1) is 11.6 Å². The van der Waals surface area contributed by atoms with Gasteiger partial charge >= 0.3 is 0 Å². The van der Waals surface area contributed by atoms with Crippen molar-refractivity contribution in [2.75, 3.05) is 5.43 Å². The molecule has 0 aliphatic rings. The van der Waals surface area contributed by atoms with E-state index in [-0.39, 0.29) is 11.6 Å². The fraction of sp³-hybridized carbons (Fsp3) is 0. The van der Waals surface area contributed by atoms with Gasteiger partial charge in [-0.05, 0) is 12.1 Å². The Bertz CT molecular complexity index is 774. The third-order valence-electron chi connectivity index (χ3n) is 2.61. The lowest BCUT2D eigenvalue weighted by Crippen LogP contribution is -2.10. The minimum Gasteiger partial charge on any atom is -0.433 e. The summed E-state index contributed by atoms with van der Waals surface area (Å²) in [6, 6.07) is 3.63. The van der Waals surface area contributed by atoms with E-state index < -0.39 is 11.6 Å². The van der Waals surface area contributed by atoms with Gasteiger partial charge in [0.05, 0.1) is 6.20 Å². The molecule has 102 valence electrons. The number of rotatable bonds is 3. The number of nitrogens with two attached hydrogens (primary N) is 1. The van der Waals surface area contributed by atoms with Crippen LogP contribution in [0.2, 0.25) is 0 Å². The molecule has 0 saturated heterocycles. The first kappa shape index (κ1) is 12.3. The van der Waals surface area contributed by atoms with Gasteiger partial charge in [-0.15, -0.1) is 0 Å². The molecule has 0 spiro atoms. The highest BCUT2D eigenvalue weighted by Gasteiger charge is 2.14. The number of hydrogen-bond donors (Lipinski definition) is 2. The maximum absolute atomic E-state index is 13.6. The van der Waals surface area contributed by atoms with Gasteiger partial charge in [-0.2, -0.15) is 9.37 Å². The molecule has 0 saturated carbocycles. The zero-order valence-corrected chi connectivity index (χ0v) is 10.0. The summed E-state index contributed by atoms with van der Waals surface area (Å²) < 4.78 is 33.6. The van der Waals surface area contributed by atoms with E-state index in [0.29, 0.717) is 11.5 Å². The second-order valence-electron chi connectivity index (χ2n) is 3.89. The summed E-state index contributed by atoms with van der Waals surface area (Å²) in [5.41, 5.74) is 2.71. The van der Waals surface area contributed by atoms with Crippen LogP contribution in [0.15, 0.2) is 36.8 Å². The molecular weight excluding hydrogens is 268 g/mol. The second-order valence-corrected chi connectivity index (χ2v) is 3.89. The molecule has 8 heteroatoms. The van der Waals surface area contributed by atoms with E-state index in [4.69, 9.17) is 10.6 Å². The van der Waals surface area contributed by atoms with Crippen molar-refractivity contribution in [2.24, 2.45) is 5.84 Å². The van der Waals surface area contributed by atoms with Crippen molar-refractivity contribution in [2.45, 2.75) is 0 Å². The fourth-order valence-corrected chi connectivity index (χ4v) is 1.71. The SMILES string of the molecule is NNc1cn2ccnc2c(Oc2cccc(F)c2F)n1. The molecule has 3 rings (SSSR count). The van der Waals surface area contributed by atoms with E-state index in [2.05, 4.69) is 15.4 Å². The molecule has 0 atom stereocenters. The average molecular weight is 277 g/mol. The summed E-state index contributed by atoms with van der Waals surface area (Å²) in [4.78, 5) is 8.06. The molecule has 0 aliphatic carbocycles. The first-order chi connectivity index (χ1) is 9.69. The van der Waals surface area contributed by atoms with E-state index in [1.165, 1.54) is 18.3 Å². The standard InChI is InChI=1S/C12H9F2N5O/c13-7-2-1-3-8(10(7)14)20-12-11-16-4-5-19(11)6-9(17-12)18-15/h1-6,18H,15H2. The van der Waals surface area contributed by atoms with Crippen LogP contribution in [-0.2, 0) is 0 Å². The zero-order valence-electron chi connectivity index (χ0n) is 10.0. The smallest absolute Gasteiger partial charge is 0.266 e. The molecule has 2 aromatic heterocycles. The Hall–Kier alpha value is -2.74. The van der Waals surface area contributed by atoms with Crippen LogP contribution in [0.4, 0.5) is 14.6 Å². The van der Waals surface area contributed by atoms with E-state index >= 15 is 0 Å². The fourth-order valence-electron chi connectivity index (χ4n) is 1.71. The number of halogens is 2. The number of nitrogens with zero attached hydrogens (tertiary/aromatic N) is 3. The van der Waals surface area contributed by atoms with Crippen LogP contribution in [0.5, 0.6) is 11.6 Å². The predicted molar refractivity (Wildman–Crippen MR) is 67.2 cm³/mol. The Morgan fingerprint density at radius 2 is 2.15 bits per heavy atom. The molecule has 2 heterocycles. The number of benzene rings is 1. The van der Waals surface area contributed by atoms with Crippen LogP contribution in [0.25, 0.3) is 5.65 Å². The van der Waals surface area contributed by atoms with Crippen LogP contribution in [0.1, 0.15) is 0 Å². The maximum Gasteiger partial charge on any atom is 0.266 e. The first-order valence-electron chi connectivity index (χ1n) is 5.61. The molecule has 0 fully saturated rings. The van der Waals surface area contributed by atoms with Crippen molar-refractivity contribution < 1.29 is 13.5 Å². The molecule has 0 aliphatic heterocycles. The van der Waals surface area contributed by atoms with E-state index in [0.717, 1.165) is 6.07 Å². The molecular formula is C12H9F2N5O. The summed E-state index contributed by atoms with van der Waals surface area (Å²) in [5.74, 6) is 3.21. The van der Waals surface area contributed by atoms with Crippen molar-refractivity contribution in [3.05, 3.63) is 48.4 Å². The van der Waals surface area contributed by atoms with Crippen LogP contribution < -0.4 is 16.0 Å². The Balaban J connectivity index is 2.10. The van der Waals surface area contributed by atoms with Crippen molar-refractivity contribution in [1.82, 2.24) is 14.4 Å². The zero-order chi connectivity index (χ0) is 14.1. The number of fused-ring (bicyclic) bond motifs is 1. The number of anilines is 1. The second kappa shape index (κ2) is 4.74. The molecule has 0 amide bonds. The van der Waals surface area contributed by atoms with Gasteiger partial charge in [-0.25, -0.2) is 15.2 Å². The van der Waals surface area contributed by atoms with E-state index in [1.807, 2.05) is 0 Å². The summed E-state index contributed by atoms with van der Waals surface area (Å²) in [5, 5.41) is 0. The molecule has 0 unspecified atom stereocenters. The van der Waals surface area contributed by atoms with E-state index in [1.54, 1.807) is 16.8 Å². The number of hydrazine groups is 1. The van der Waals surface area contributed by atoms with Gasteiger partial charge in [0.1, 0.15) is 0 Å². The Labute approximate surface area is 111 Å². The molecule has 6 nitrogen and oxygen atoms in total. The monoisotopic (exact) mass is 277 g/mol. The van der Waals surface area contributed by atoms with Gasteiger partial charge in [0.25, 0.3) is 5.88 Å². The molecule has 20 heavy (non-hydrogen) atoms. The van der Waals surface area contributed by atoms with Crippen molar-refractivity contribution in [3.63, 3.8) is 0 Å². The van der Waals surface area contributed by atoms with Gasteiger partial charge in [-0.1, -0.05) is 6.07 Å². The first-order valence-corrected chi connectivity index (χ1v) is 5.61. The highest BCUT2D eigenvalue weighted by Crippen LogP contribution is 2.27. The van der Waals surface area contributed by atoms with Crippen molar-refractivity contribution >= 4 is 11.5 Å². The highest BCUT2D eigenvalue weighted by molar-refractivity contribution is 5.54. The normalized spacial score (nSPS) is 10.8. The summed E-state index contributed by atoms with van der Waals surface area (Å²) in [6.07, 6.45) is 4.75. The van der Waals surface area contributed by atoms with Crippen LogP contribution >= 0.6 is 0 Å². The molecule has 3 N–H and O–H groups in total. The lowest BCUT2D eigenvalue weighted by atomic mass is 10.3. The summed E-state index contributed by atoms with van der Waals surface area (Å²) >= 11 is 0. The Morgan fingerprint density at radius 1 is 1.30 bits per heavy atom. The minimum atomic E-state index is -1.09. The van der Waals surface area contributed by atoms with Gasteiger partial charge in [0.15, 0.2) is 17.4 Å². The third-order valence-corrected chi connectivity index (χ3v) is 2.61. The van der Waals surface area contributed by atoms with Crippen LogP contribution in [-0.4, -0.2) is 14.4 Å². The topological polar surface area (TPSA) is 77.5 Å². The molecule has 0 bridgehead atoms. The molecule has 0 radical (unpaired) electrons. The summed E-state index contributed by atoms with van der Waals surface area (Å²) in [7, 11) is 0. The number of hydrogen-bond acceptors (Lipinski definition) is 5. The van der Waals surface area contributed by atoms with Gasteiger partial charge in [0.2, 0.25) is 11.5 Å². The number of ether oxygens (including phenoxy) is 1. The van der Waals surface area contributed by atoms with Gasteiger partial charge in [0, 0.05) is 12.4 Å². The quantitative estimate of drug-likeness (QED) is 0.566. The van der Waals surface area contributed by atoms with Crippen LogP contribution in [0.3, 0.4) is 0 Å². The average Bonchev–Trinajstić information content (AvgIpc) is 2.92. The third kappa shape index (κ3) is 2.01. The lowest BCUT2D eigenvalue weighted by Gasteiger charge is -2.09. The largest absolute Gasteiger partial charge is 0.433 e. The number of nitrogens with one attached hydrogen (secondary N) is 1. The highest BCUT2D eigenvalue weighted by atomic mass is 19.2. The lowest BCUT2D eigenvalue weighted by molar-refractivity contribution is 0.407. The number of aromatic nitrogens is 3. The van der Waals surface area contributed by atoms with Crippen molar-refractivity contribution in [3.8, 4) is 11.6 Å². The van der Waals surface area contributed by atoms with E-state index in [9.17, 15) is 8.78 Å². The Morgan fingerprint density at radius 3 is 2.95 bits per heavy atom. The van der Waals surface area contributed by atoms with Crippen molar-refractivity contribution in [1.29, 1.82) is 0 Å².